The largest absolute Gasteiger partial charge is 0.455 e. The summed E-state index contributed by atoms with van der Waals surface area (Å²) in [5, 5.41) is 4.00. The molecule has 0 aliphatic rings. The van der Waals surface area contributed by atoms with Gasteiger partial charge in [-0.05, 0) is 19.5 Å². The molecule has 0 aliphatic heterocycles. The van der Waals surface area contributed by atoms with Gasteiger partial charge in [-0.2, -0.15) is 0 Å². The average Bonchev–Trinajstić information content (AvgIpc) is 3.04. The second-order valence-electron chi connectivity index (χ2n) is 6.89. The van der Waals surface area contributed by atoms with Gasteiger partial charge < -0.3 is 14.7 Å². The van der Waals surface area contributed by atoms with Gasteiger partial charge in [0.15, 0.2) is 11.5 Å². The second kappa shape index (κ2) is 6.58. The molecule has 6 heteroatoms. The number of carbonyl (C=O) groups is 1. The van der Waals surface area contributed by atoms with Crippen LogP contribution in [-0.4, -0.2) is 23.0 Å². The fourth-order valence-electron chi connectivity index (χ4n) is 2.51. The summed E-state index contributed by atoms with van der Waals surface area (Å²) in [5.74, 6) is 1.25. The Balaban J connectivity index is 2.16. The number of nitrogens with two attached hydrogens (primary N) is 1. The van der Waals surface area contributed by atoms with Gasteiger partial charge in [-0.3, -0.25) is 9.69 Å². The van der Waals surface area contributed by atoms with Crippen molar-refractivity contribution in [2.45, 2.75) is 52.6 Å². The molecule has 126 valence electrons. The molecule has 0 bridgehead atoms. The van der Waals surface area contributed by atoms with Crippen LogP contribution in [0, 0.1) is 0 Å². The van der Waals surface area contributed by atoms with Crippen LogP contribution in [0.25, 0.3) is 0 Å². The SMILES string of the molecule is CCc1cc(CN(C)Cc2cc(C(N)=O)oc2C(C)(C)C)on1. The molecule has 0 spiro atoms. The molecule has 1 amide bonds. The molecule has 2 rings (SSSR count). The van der Waals surface area contributed by atoms with E-state index in [2.05, 4.69) is 10.1 Å². The quantitative estimate of drug-likeness (QED) is 0.885. The minimum atomic E-state index is -0.549. The Bertz CT molecular complexity index is 680. The summed E-state index contributed by atoms with van der Waals surface area (Å²) in [7, 11) is 1.98. The minimum absolute atomic E-state index is 0.200. The summed E-state index contributed by atoms with van der Waals surface area (Å²) >= 11 is 0. The number of aromatic nitrogens is 1. The van der Waals surface area contributed by atoms with Crippen LogP contribution >= 0.6 is 0 Å². The van der Waals surface area contributed by atoms with Crippen LogP contribution < -0.4 is 5.73 Å². The number of nitrogens with zero attached hydrogens (tertiary/aromatic N) is 2. The zero-order chi connectivity index (χ0) is 17.2. The molecule has 0 atom stereocenters. The Labute approximate surface area is 136 Å². The maximum atomic E-state index is 11.4. The topological polar surface area (TPSA) is 85.5 Å². The summed E-state index contributed by atoms with van der Waals surface area (Å²) in [6.45, 7) is 9.44. The molecule has 2 aromatic rings. The van der Waals surface area contributed by atoms with Crippen LogP contribution in [0.1, 0.15) is 61.0 Å². The van der Waals surface area contributed by atoms with Crippen LogP contribution in [0.2, 0.25) is 0 Å². The highest BCUT2D eigenvalue weighted by Crippen LogP contribution is 2.30. The first-order valence-corrected chi connectivity index (χ1v) is 7.76. The van der Waals surface area contributed by atoms with Crippen molar-refractivity contribution in [2.75, 3.05) is 7.05 Å². The highest BCUT2D eigenvalue weighted by atomic mass is 16.5. The summed E-state index contributed by atoms with van der Waals surface area (Å²) in [6.07, 6.45) is 0.852. The second-order valence-corrected chi connectivity index (χ2v) is 6.89. The molecule has 23 heavy (non-hydrogen) atoms. The maximum absolute atomic E-state index is 11.4. The standard InChI is InChI=1S/C17H25N3O3/c1-6-12-8-13(23-19-12)10-20(5)9-11-7-14(16(18)21)22-15(11)17(2,3)4/h7-8H,6,9-10H2,1-5H3,(H2,18,21). The normalized spacial score (nSPS) is 12.1. The van der Waals surface area contributed by atoms with Crippen molar-refractivity contribution in [3.8, 4) is 0 Å². The van der Waals surface area contributed by atoms with Gasteiger partial charge >= 0.3 is 0 Å². The van der Waals surface area contributed by atoms with E-state index in [0.29, 0.717) is 13.1 Å². The maximum Gasteiger partial charge on any atom is 0.284 e. The van der Waals surface area contributed by atoms with Crippen LogP contribution in [0.15, 0.2) is 21.1 Å². The van der Waals surface area contributed by atoms with Crippen molar-refractivity contribution in [1.82, 2.24) is 10.1 Å². The molecule has 0 aromatic carbocycles. The lowest BCUT2D eigenvalue weighted by atomic mass is 9.90. The summed E-state index contributed by atoms with van der Waals surface area (Å²) < 4.78 is 11.0. The van der Waals surface area contributed by atoms with Gasteiger partial charge in [0.25, 0.3) is 5.91 Å². The predicted molar refractivity (Wildman–Crippen MR) is 87.0 cm³/mol. The van der Waals surface area contributed by atoms with Gasteiger partial charge in [0, 0.05) is 23.6 Å². The number of hydrogen-bond donors (Lipinski definition) is 1. The van der Waals surface area contributed by atoms with Gasteiger partial charge in [0.2, 0.25) is 0 Å². The van der Waals surface area contributed by atoms with Gasteiger partial charge in [0.05, 0.1) is 12.2 Å². The van der Waals surface area contributed by atoms with E-state index in [1.165, 1.54) is 0 Å². The molecule has 2 aromatic heterocycles. The van der Waals surface area contributed by atoms with E-state index in [4.69, 9.17) is 14.7 Å². The fraction of sp³-hybridized carbons (Fsp3) is 0.529. The molecule has 2 heterocycles. The lowest BCUT2D eigenvalue weighted by Gasteiger charge is -2.20. The van der Waals surface area contributed by atoms with E-state index in [-0.39, 0.29) is 11.2 Å². The molecule has 0 aliphatic carbocycles. The Morgan fingerprint density at radius 1 is 1.30 bits per heavy atom. The Hall–Kier alpha value is -2.08. The highest BCUT2D eigenvalue weighted by molar-refractivity contribution is 5.90. The van der Waals surface area contributed by atoms with Crippen molar-refractivity contribution < 1.29 is 13.7 Å². The first-order chi connectivity index (χ1) is 10.7. The number of amides is 1. The number of hydrogen-bond acceptors (Lipinski definition) is 5. The number of aryl methyl sites for hydroxylation is 1. The fourth-order valence-corrected chi connectivity index (χ4v) is 2.51. The third-order valence-corrected chi connectivity index (χ3v) is 3.57. The minimum Gasteiger partial charge on any atom is -0.455 e. The predicted octanol–water partition coefficient (Wildman–Crippen LogP) is 2.86. The number of carbonyl (C=O) groups excluding carboxylic acids is 1. The van der Waals surface area contributed by atoms with Crippen LogP contribution in [0.3, 0.4) is 0 Å². The zero-order valence-electron chi connectivity index (χ0n) is 14.5. The third-order valence-electron chi connectivity index (χ3n) is 3.57. The van der Waals surface area contributed by atoms with E-state index in [1.807, 2.05) is 40.8 Å². The van der Waals surface area contributed by atoms with Crippen LogP contribution in [-0.2, 0) is 24.9 Å². The van der Waals surface area contributed by atoms with Gasteiger partial charge in [-0.15, -0.1) is 0 Å². The Morgan fingerprint density at radius 2 is 2.00 bits per heavy atom. The van der Waals surface area contributed by atoms with E-state index in [1.54, 1.807) is 6.07 Å². The number of furan rings is 1. The van der Waals surface area contributed by atoms with Gasteiger partial charge in [-0.1, -0.05) is 32.9 Å². The first-order valence-electron chi connectivity index (χ1n) is 7.76. The van der Waals surface area contributed by atoms with Crippen molar-refractivity contribution in [1.29, 1.82) is 0 Å². The molecule has 2 N–H and O–H groups in total. The molecule has 0 radical (unpaired) electrons. The number of primary amides is 1. The van der Waals surface area contributed by atoms with Gasteiger partial charge in [-0.25, -0.2) is 0 Å². The average molecular weight is 319 g/mol. The van der Waals surface area contributed by atoms with Crippen LogP contribution in [0.4, 0.5) is 0 Å². The molecule has 0 saturated heterocycles. The van der Waals surface area contributed by atoms with Crippen molar-refractivity contribution in [3.05, 3.63) is 40.7 Å². The summed E-state index contributed by atoms with van der Waals surface area (Å²) in [4.78, 5) is 13.5. The van der Waals surface area contributed by atoms with Crippen LogP contribution in [0.5, 0.6) is 0 Å². The molecule has 0 saturated carbocycles. The van der Waals surface area contributed by atoms with E-state index < -0.39 is 5.91 Å². The summed E-state index contributed by atoms with van der Waals surface area (Å²) in [6, 6.07) is 3.70. The van der Waals surface area contributed by atoms with E-state index in [9.17, 15) is 4.79 Å². The lowest BCUT2D eigenvalue weighted by Crippen LogP contribution is -2.20. The van der Waals surface area contributed by atoms with Gasteiger partial charge in [0.1, 0.15) is 5.76 Å². The Kier molecular flexibility index (Phi) is 4.94. The Morgan fingerprint density at radius 3 is 2.52 bits per heavy atom. The smallest absolute Gasteiger partial charge is 0.284 e. The molecular weight excluding hydrogens is 294 g/mol. The lowest BCUT2D eigenvalue weighted by molar-refractivity contribution is 0.0970. The van der Waals surface area contributed by atoms with Crippen molar-refractivity contribution in [2.24, 2.45) is 5.73 Å². The van der Waals surface area contributed by atoms with Crippen molar-refractivity contribution >= 4 is 5.91 Å². The molecule has 6 nitrogen and oxygen atoms in total. The molecule has 0 fully saturated rings. The zero-order valence-corrected chi connectivity index (χ0v) is 14.5. The van der Waals surface area contributed by atoms with Crippen molar-refractivity contribution in [3.63, 3.8) is 0 Å². The number of rotatable bonds is 6. The highest BCUT2D eigenvalue weighted by Gasteiger charge is 2.25. The molecule has 0 unspecified atom stereocenters. The summed E-state index contributed by atoms with van der Waals surface area (Å²) in [5.41, 5.74) is 7.05. The van der Waals surface area contributed by atoms with E-state index in [0.717, 1.165) is 29.2 Å². The first kappa shape index (κ1) is 17.3. The monoisotopic (exact) mass is 319 g/mol. The van der Waals surface area contributed by atoms with E-state index >= 15 is 0 Å². The third kappa shape index (κ3) is 4.22. The molecular formula is C17H25N3O3.